The number of aliphatic carboxylic acids is 1. The van der Waals surface area contributed by atoms with Crippen LogP contribution in [0.4, 0.5) is 0 Å². The predicted molar refractivity (Wildman–Crippen MR) is 217 cm³/mol. The van der Waals surface area contributed by atoms with Crippen LogP contribution >= 0.6 is 0 Å². The third-order valence-electron chi connectivity index (χ3n) is 16.3. The molecule has 11 N–H and O–H groups in total. The van der Waals surface area contributed by atoms with Crippen molar-refractivity contribution in [1.29, 1.82) is 0 Å². The highest BCUT2D eigenvalue weighted by molar-refractivity contribution is 5.83. The van der Waals surface area contributed by atoms with Gasteiger partial charge in [-0.25, -0.2) is 0 Å². The van der Waals surface area contributed by atoms with Gasteiger partial charge in [-0.05, 0) is 86.0 Å². The van der Waals surface area contributed by atoms with Gasteiger partial charge < -0.3 is 84.8 Å². The van der Waals surface area contributed by atoms with Crippen molar-refractivity contribution in [2.75, 3.05) is 26.4 Å². The lowest BCUT2D eigenvalue weighted by atomic mass is 9.40. The number of carbonyl (C=O) groups excluding carboxylic acids is 3. The van der Waals surface area contributed by atoms with E-state index in [0.29, 0.717) is 38.6 Å². The third kappa shape index (κ3) is 9.60. The van der Waals surface area contributed by atoms with Crippen molar-refractivity contribution < 1.29 is 98.7 Å². The predicted octanol–water partition coefficient (Wildman–Crippen LogP) is -1.78. The van der Waals surface area contributed by atoms with Gasteiger partial charge in [-0.2, -0.15) is 9.59 Å². The van der Waals surface area contributed by atoms with Gasteiger partial charge in [0.2, 0.25) is 5.91 Å². The lowest BCUT2D eigenvalue weighted by molar-refractivity contribution is -0.398. The zero-order valence-corrected chi connectivity index (χ0v) is 37.2. The van der Waals surface area contributed by atoms with Crippen LogP contribution in [0.2, 0.25) is 0 Å². The summed E-state index contributed by atoms with van der Waals surface area (Å²) in [6.07, 6.45) is -15.1. The van der Waals surface area contributed by atoms with E-state index >= 15 is 0 Å². The zero-order chi connectivity index (χ0) is 47.8. The van der Waals surface area contributed by atoms with Crippen LogP contribution in [0, 0.1) is 34.0 Å². The van der Waals surface area contributed by atoms with Crippen LogP contribution in [0.3, 0.4) is 0 Å². The lowest BCUT2D eigenvalue weighted by Gasteiger charge is -2.64. The number of aliphatic hydroxyl groups is 9. The number of fused-ring (bicyclic) bond motifs is 3. The molecule has 65 heavy (non-hydrogen) atoms. The number of rotatable bonds is 14. The summed E-state index contributed by atoms with van der Waals surface area (Å²) < 4.78 is 37.4. The molecule has 3 heterocycles. The molecule has 370 valence electrons. The first-order valence-corrected chi connectivity index (χ1v) is 22.7. The molecule has 0 radical (unpaired) electrons. The molecule has 7 aliphatic rings. The molecule has 0 unspecified atom stereocenters. The topological polar surface area (TPSA) is 338 Å². The fourth-order valence-electron chi connectivity index (χ4n) is 13.0. The van der Waals surface area contributed by atoms with E-state index in [2.05, 4.69) is 18.8 Å². The van der Waals surface area contributed by atoms with Crippen LogP contribution in [0.25, 0.3) is 0 Å². The van der Waals surface area contributed by atoms with Gasteiger partial charge in [0.1, 0.15) is 54.9 Å². The molecule has 0 aromatic carbocycles. The average molecular weight is 932 g/mol. The quantitative estimate of drug-likeness (QED) is 0.0521. The second kappa shape index (κ2) is 20.6. The summed E-state index contributed by atoms with van der Waals surface area (Å²) in [6, 6.07) is 0. The standard InChI is InChI=1S/C43H69NO18.CO2/c1-20-15-42-12-8-25-40(3,10-6-11-41(25,4)39(56)44-14-5-7-27(48)49)26(42)9-13-43(20,19-42)62-38-35(61-37-33(55)31(53)29(51)23(17-46)58-37)34(30(52)24(18-47)59-38)60-36-32(54)28(50)21(2)22(16-45)57-36;2-1-3/h21-26,28-38,45-47,50-55H,1,5-19H2,2-4H3,(H,44,56)(H,48,49);/t21-,22-,23-,24-,25+,26+,28+,29-,30-,31+,32-,33-,34+,35-,36+,37+,38+,40-,41-,42-,43+;/m1./s1. The van der Waals surface area contributed by atoms with Crippen LogP contribution < -0.4 is 5.32 Å². The van der Waals surface area contributed by atoms with E-state index < -0.39 is 129 Å². The molecule has 7 fully saturated rings. The summed E-state index contributed by atoms with van der Waals surface area (Å²) >= 11 is 0. The maximum atomic E-state index is 13.9. The van der Waals surface area contributed by atoms with Gasteiger partial charge in [0.05, 0.1) is 37.6 Å². The summed E-state index contributed by atoms with van der Waals surface area (Å²) in [5.41, 5.74) is -1.35. The van der Waals surface area contributed by atoms with E-state index in [1.807, 2.05) is 6.92 Å². The van der Waals surface area contributed by atoms with E-state index in [-0.39, 0.29) is 41.1 Å². The third-order valence-corrected chi connectivity index (χ3v) is 16.3. The number of ether oxygens (including phenoxy) is 6. The van der Waals surface area contributed by atoms with E-state index in [0.717, 1.165) is 37.7 Å². The molecule has 0 aromatic rings. The van der Waals surface area contributed by atoms with Gasteiger partial charge in [-0.15, -0.1) is 0 Å². The number of carboxylic acids is 1. The summed E-state index contributed by atoms with van der Waals surface area (Å²) in [7, 11) is 0. The highest BCUT2D eigenvalue weighted by Crippen LogP contribution is 2.73. The van der Waals surface area contributed by atoms with Crippen molar-refractivity contribution in [2.24, 2.45) is 34.0 Å². The number of carbonyl (C=O) groups is 2. The Labute approximate surface area is 377 Å². The Kier molecular flexibility index (Phi) is 16.4. The van der Waals surface area contributed by atoms with Crippen molar-refractivity contribution in [3.8, 4) is 0 Å². The smallest absolute Gasteiger partial charge is 0.373 e. The normalized spacial score (nSPS) is 48.2. The van der Waals surface area contributed by atoms with E-state index in [1.54, 1.807) is 6.92 Å². The summed E-state index contributed by atoms with van der Waals surface area (Å²) in [5.74, 6) is -1.39. The summed E-state index contributed by atoms with van der Waals surface area (Å²) in [5, 5.41) is 109. The molecule has 4 saturated carbocycles. The maximum Gasteiger partial charge on any atom is 0.373 e. The van der Waals surface area contributed by atoms with Gasteiger partial charge in [-0.1, -0.05) is 33.8 Å². The van der Waals surface area contributed by atoms with Gasteiger partial charge in [0.15, 0.2) is 18.9 Å². The van der Waals surface area contributed by atoms with Crippen LogP contribution in [0.15, 0.2) is 12.2 Å². The molecule has 1 amide bonds. The molecular formula is C44H69NO20. The number of carboxylic acid groups (broad SMARTS) is 1. The number of nitrogens with one attached hydrogen (secondary N) is 1. The highest BCUT2D eigenvalue weighted by atomic mass is 16.8. The first kappa shape index (κ1) is 51.8. The molecule has 1 spiro atoms. The SMILES string of the molecule is C=C1C[C@@]23CC[C@H]4[C@@](C)(CCC[C@@]4(C)C(=O)NCCCC(=O)O)[C@@H]2CC[C@]1(O[C@@H]1O[C@H](CO)[C@@H](O)[C@H](O[C@@H]2O[C@H](CO)[C@@H](C)[C@H](O)[C@H]2O)[C@H]1O[C@@H]1O[C@H](CO)[C@@H](O)[C@H](O)[C@H]1O)C3.O=C=O. The van der Waals surface area contributed by atoms with Crippen molar-refractivity contribution in [2.45, 2.75) is 183 Å². The lowest BCUT2D eigenvalue weighted by Crippen LogP contribution is -2.67. The summed E-state index contributed by atoms with van der Waals surface area (Å²) in [6.45, 7) is 8.74. The average Bonchev–Trinajstić information content (AvgIpc) is 3.46. The van der Waals surface area contributed by atoms with E-state index in [1.165, 1.54) is 0 Å². The largest absolute Gasteiger partial charge is 0.481 e. The van der Waals surface area contributed by atoms with Crippen LogP contribution in [0.5, 0.6) is 0 Å². The molecule has 3 aliphatic heterocycles. The van der Waals surface area contributed by atoms with Gasteiger partial charge >= 0.3 is 12.1 Å². The van der Waals surface area contributed by atoms with Crippen LogP contribution in [0.1, 0.15) is 91.4 Å². The fraction of sp³-hybridized carbons (Fsp3) is 0.886. The minimum atomic E-state index is -1.89. The number of aliphatic hydroxyl groups excluding tert-OH is 9. The van der Waals surface area contributed by atoms with E-state index in [4.69, 9.17) is 43.1 Å². The van der Waals surface area contributed by atoms with Crippen molar-refractivity contribution in [3.63, 3.8) is 0 Å². The molecule has 0 aromatic heterocycles. The molecular weight excluding hydrogens is 862 g/mol. The molecule has 4 aliphatic carbocycles. The maximum absolute atomic E-state index is 13.9. The Morgan fingerprint density at radius 3 is 1.95 bits per heavy atom. The monoisotopic (exact) mass is 931 g/mol. The molecule has 7 rings (SSSR count). The van der Waals surface area contributed by atoms with Crippen molar-refractivity contribution in [3.05, 3.63) is 12.2 Å². The highest BCUT2D eigenvalue weighted by Gasteiger charge is 2.69. The van der Waals surface area contributed by atoms with Crippen molar-refractivity contribution >= 4 is 18.0 Å². The summed E-state index contributed by atoms with van der Waals surface area (Å²) in [4.78, 5) is 41.2. The zero-order valence-electron chi connectivity index (χ0n) is 37.2. The molecule has 21 atom stereocenters. The Hall–Kier alpha value is -2.54. The first-order chi connectivity index (χ1) is 30.7. The Morgan fingerprint density at radius 1 is 0.754 bits per heavy atom. The number of hydrogen-bond acceptors (Lipinski definition) is 19. The molecule has 21 heteroatoms. The fourth-order valence-corrected chi connectivity index (χ4v) is 13.0. The van der Waals surface area contributed by atoms with Crippen LogP contribution in [-0.4, -0.2) is 187 Å². The number of amides is 1. The first-order valence-electron chi connectivity index (χ1n) is 22.7. The molecule has 2 bridgehead atoms. The second-order valence-electron chi connectivity index (χ2n) is 19.9. The van der Waals surface area contributed by atoms with Gasteiger partial charge in [0.25, 0.3) is 0 Å². The minimum Gasteiger partial charge on any atom is -0.481 e. The second-order valence-corrected chi connectivity index (χ2v) is 19.9. The van der Waals surface area contributed by atoms with E-state index in [9.17, 15) is 55.5 Å². The van der Waals surface area contributed by atoms with Gasteiger partial charge in [0, 0.05) is 24.3 Å². The molecule has 3 saturated heterocycles. The van der Waals surface area contributed by atoms with Crippen LogP contribution in [-0.2, 0) is 47.6 Å². The Morgan fingerprint density at radius 2 is 1.32 bits per heavy atom. The molecule has 21 nitrogen and oxygen atoms in total. The minimum absolute atomic E-state index is 0.0234. The number of hydrogen-bond donors (Lipinski definition) is 11. The van der Waals surface area contributed by atoms with Gasteiger partial charge in [-0.3, -0.25) is 9.59 Å². The van der Waals surface area contributed by atoms with Crippen molar-refractivity contribution in [1.82, 2.24) is 5.32 Å². The Balaban J connectivity index is 0.00000227. The Bertz CT molecular complexity index is 1710.